The number of aryl methyl sites for hydroxylation is 1. The Morgan fingerprint density at radius 1 is 1.12 bits per heavy atom. The van der Waals surface area contributed by atoms with Crippen molar-refractivity contribution in [1.29, 1.82) is 0 Å². The van der Waals surface area contributed by atoms with Crippen LogP contribution in [0.4, 0.5) is 13.2 Å². The summed E-state index contributed by atoms with van der Waals surface area (Å²) in [4.78, 5) is 34.5. The fourth-order valence-corrected chi connectivity index (χ4v) is 6.25. The topological polar surface area (TPSA) is 95.3 Å². The number of likely N-dealkylation sites (tertiary alicyclic amines) is 1. The SMILES string of the molecule is Cc1cnc(-c2ccnc(C(C)(O)C3CC3)n2)c(F)c1C(=O)N1C[C@@H]2CC[C@H]([C@H]1C)N2Cc1ncc(F)cc1F. The van der Waals surface area contributed by atoms with E-state index in [9.17, 15) is 18.7 Å². The number of nitrogens with zero attached hydrogens (tertiary/aromatic N) is 6. The molecule has 1 saturated carbocycles. The van der Waals surface area contributed by atoms with E-state index in [1.165, 1.54) is 18.5 Å². The molecule has 3 aromatic rings. The second kappa shape index (κ2) is 9.88. The van der Waals surface area contributed by atoms with E-state index in [1.807, 2.05) is 6.92 Å². The van der Waals surface area contributed by atoms with E-state index in [0.717, 1.165) is 37.9 Å². The van der Waals surface area contributed by atoms with E-state index in [0.29, 0.717) is 12.1 Å². The molecule has 1 unspecified atom stereocenters. The Labute approximate surface area is 230 Å². The summed E-state index contributed by atoms with van der Waals surface area (Å²) >= 11 is 0. The number of aliphatic hydroxyl groups is 1. The van der Waals surface area contributed by atoms with Crippen LogP contribution < -0.4 is 0 Å². The molecule has 1 aliphatic carbocycles. The normalized spacial score (nSPS) is 24.3. The third kappa shape index (κ3) is 4.54. The van der Waals surface area contributed by atoms with Crippen molar-refractivity contribution in [2.24, 2.45) is 5.92 Å². The maximum Gasteiger partial charge on any atom is 0.257 e. The molecule has 5 heterocycles. The number of hydrogen-bond donors (Lipinski definition) is 1. The van der Waals surface area contributed by atoms with Crippen LogP contribution >= 0.6 is 0 Å². The number of hydrogen-bond acceptors (Lipinski definition) is 7. The van der Waals surface area contributed by atoms with Gasteiger partial charge in [-0.3, -0.25) is 19.7 Å². The summed E-state index contributed by atoms with van der Waals surface area (Å²) in [5.41, 5.74) is -0.595. The number of piperazine rings is 1. The van der Waals surface area contributed by atoms with E-state index < -0.39 is 29.0 Å². The van der Waals surface area contributed by atoms with Crippen LogP contribution in [0.3, 0.4) is 0 Å². The van der Waals surface area contributed by atoms with Gasteiger partial charge in [0.05, 0.1) is 23.1 Å². The van der Waals surface area contributed by atoms with Gasteiger partial charge in [0.25, 0.3) is 5.91 Å². The lowest BCUT2D eigenvalue weighted by Gasteiger charge is -2.45. The van der Waals surface area contributed by atoms with Crippen molar-refractivity contribution in [3.8, 4) is 11.4 Å². The molecular weight excluding hydrogens is 521 g/mol. The van der Waals surface area contributed by atoms with Gasteiger partial charge in [-0.05, 0) is 64.0 Å². The number of pyridine rings is 2. The highest BCUT2D eigenvalue weighted by molar-refractivity contribution is 5.97. The Hall–Kier alpha value is -3.44. The Bertz CT molecular complexity index is 1480. The molecule has 2 saturated heterocycles. The number of rotatable bonds is 6. The number of carbonyl (C=O) groups is 1. The summed E-state index contributed by atoms with van der Waals surface area (Å²) in [6.45, 7) is 5.78. The molecule has 1 N–H and O–H groups in total. The second-order valence-corrected chi connectivity index (χ2v) is 11.4. The highest BCUT2D eigenvalue weighted by Crippen LogP contribution is 2.44. The molecule has 6 rings (SSSR count). The minimum absolute atomic E-state index is 0.0570. The van der Waals surface area contributed by atoms with Crippen LogP contribution in [0.5, 0.6) is 0 Å². The zero-order valence-corrected chi connectivity index (χ0v) is 22.6. The molecule has 2 aliphatic heterocycles. The van der Waals surface area contributed by atoms with Gasteiger partial charge in [0.2, 0.25) is 0 Å². The van der Waals surface area contributed by atoms with Crippen molar-refractivity contribution in [1.82, 2.24) is 29.7 Å². The highest BCUT2D eigenvalue weighted by Gasteiger charge is 2.47. The first-order chi connectivity index (χ1) is 19.1. The Balaban J connectivity index is 1.27. The fraction of sp³-hybridized carbons (Fsp3) is 0.483. The second-order valence-electron chi connectivity index (χ2n) is 11.4. The third-order valence-electron chi connectivity index (χ3n) is 8.77. The zero-order valence-electron chi connectivity index (χ0n) is 22.6. The van der Waals surface area contributed by atoms with Crippen molar-refractivity contribution in [3.63, 3.8) is 0 Å². The van der Waals surface area contributed by atoms with Crippen LogP contribution in [0.1, 0.15) is 67.0 Å². The highest BCUT2D eigenvalue weighted by atomic mass is 19.1. The summed E-state index contributed by atoms with van der Waals surface area (Å²) < 4.78 is 43.8. The molecule has 3 aliphatic rings. The summed E-state index contributed by atoms with van der Waals surface area (Å²) in [6.07, 6.45) is 7.28. The molecule has 210 valence electrons. The largest absolute Gasteiger partial charge is 0.382 e. The first-order valence-corrected chi connectivity index (χ1v) is 13.6. The van der Waals surface area contributed by atoms with Gasteiger partial charge < -0.3 is 10.0 Å². The number of amides is 1. The van der Waals surface area contributed by atoms with Crippen molar-refractivity contribution < 1.29 is 23.1 Å². The number of halogens is 3. The smallest absolute Gasteiger partial charge is 0.257 e. The van der Waals surface area contributed by atoms with Gasteiger partial charge in [-0.1, -0.05) is 0 Å². The average Bonchev–Trinajstić information content (AvgIpc) is 3.73. The molecule has 11 heteroatoms. The van der Waals surface area contributed by atoms with E-state index in [1.54, 1.807) is 18.7 Å². The predicted molar refractivity (Wildman–Crippen MR) is 139 cm³/mol. The maximum atomic E-state index is 16.1. The summed E-state index contributed by atoms with van der Waals surface area (Å²) in [5.74, 6) is -2.36. The fourth-order valence-electron chi connectivity index (χ4n) is 6.25. The van der Waals surface area contributed by atoms with Crippen molar-refractivity contribution in [3.05, 3.63) is 70.8 Å². The van der Waals surface area contributed by atoms with Crippen molar-refractivity contribution in [2.75, 3.05) is 6.54 Å². The molecule has 2 bridgehead atoms. The lowest BCUT2D eigenvalue weighted by Crippen LogP contribution is -2.60. The van der Waals surface area contributed by atoms with Gasteiger partial charge in [0.15, 0.2) is 11.6 Å². The van der Waals surface area contributed by atoms with Crippen LogP contribution in [0.2, 0.25) is 0 Å². The lowest BCUT2D eigenvalue weighted by atomic mass is 9.99. The summed E-state index contributed by atoms with van der Waals surface area (Å²) in [6, 6.07) is 1.94. The molecule has 40 heavy (non-hydrogen) atoms. The lowest BCUT2D eigenvalue weighted by molar-refractivity contribution is 0.0158. The monoisotopic (exact) mass is 552 g/mol. The molecular formula is C29H31F3N6O2. The van der Waals surface area contributed by atoms with E-state index in [2.05, 4.69) is 24.8 Å². The van der Waals surface area contributed by atoms with Gasteiger partial charge in [-0.15, -0.1) is 0 Å². The van der Waals surface area contributed by atoms with Crippen molar-refractivity contribution >= 4 is 5.91 Å². The molecule has 8 nitrogen and oxygen atoms in total. The number of carbonyl (C=O) groups excluding carboxylic acids is 1. The van der Waals surface area contributed by atoms with Gasteiger partial charge >= 0.3 is 0 Å². The minimum Gasteiger partial charge on any atom is -0.382 e. The zero-order chi connectivity index (χ0) is 28.3. The number of aromatic nitrogens is 4. The third-order valence-corrected chi connectivity index (χ3v) is 8.77. The van der Waals surface area contributed by atoms with Crippen LogP contribution in [-0.4, -0.2) is 65.4 Å². The Morgan fingerprint density at radius 3 is 2.62 bits per heavy atom. The first-order valence-electron chi connectivity index (χ1n) is 13.6. The Morgan fingerprint density at radius 2 is 1.90 bits per heavy atom. The number of fused-ring (bicyclic) bond motifs is 2. The van der Waals surface area contributed by atoms with Crippen LogP contribution in [0, 0.1) is 30.3 Å². The van der Waals surface area contributed by atoms with Crippen molar-refractivity contribution in [2.45, 2.75) is 76.7 Å². The van der Waals surface area contributed by atoms with Crippen LogP contribution in [0.15, 0.2) is 30.7 Å². The standard InChI is InChI=1S/C29H31F3N6O2/c1-15-11-35-26(21-8-9-33-28(36-21)29(3,40)17-4-5-17)25(32)24(15)27(39)37-13-19-6-7-23(16(37)2)38(19)14-22-20(31)10-18(30)12-34-22/h8-12,16-17,19,23,40H,4-7,13-14H2,1-3H3/t16-,19+,23-,29?/m1/s1. The quantitative estimate of drug-likeness (QED) is 0.491. The first kappa shape index (κ1) is 26.8. The van der Waals surface area contributed by atoms with Crippen LogP contribution in [0.25, 0.3) is 11.4 Å². The summed E-state index contributed by atoms with van der Waals surface area (Å²) in [7, 11) is 0. The summed E-state index contributed by atoms with van der Waals surface area (Å²) in [5, 5.41) is 10.9. The molecule has 3 fully saturated rings. The van der Waals surface area contributed by atoms with Gasteiger partial charge in [0, 0.05) is 49.7 Å². The molecule has 3 aromatic heterocycles. The molecule has 4 atom stereocenters. The van der Waals surface area contributed by atoms with Gasteiger partial charge in [-0.2, -0.15) is 0 Å². The van der Waals surface area contributed by atoms with E-state index in [-0.39, 0.29) is 59.1 Å². The van der Waals surface area contributed by atoms with Gasteiger partial charge in [0.1, 0.15) is 22.9 Å². The molecule has 0 aromatic carbocycles. The average molecular weight is 553 g/mol. The van der Waals surface area contributed by atoms with Crippen LogP contribution in [-0.2, 0) is 12.1 Å². The predicted octanol–water partition coefficient (Wildman–Crippen LogP) is 4.15. The minimum atomic E-state index is -1.23. The Kier molecular flexibility index (Phi) is 6.61. The van der Waals surface area contributed by atoms with Gasteiger partial charge in [-0.25, -0.2) is 23.1 Å². The molecule has 1 amide bonds. The maximum absolute atomic E-state index is 16.1. The molecule has 0 spiro atoms. The molecule has 0 radical (unpaired) electrons. The van der Waals surface area contributed by atoms with E-state index >= 15 is 4.39 Å². The van der Waals surface area contributed by atoms with E-state index in [4.69, 9.17) is 0 Å².